The van der Waals surface area contributed by atoms with E-state index in [4.69, 9.17) is 9.47 Å². The lowest BCUT2D eigenvalue weighted by Crippen LogP contribution is -2.53. The molecule has 2 aromatic rings. The first kappa shape index (κ1) is 18.4. The Balaban J connectivity index is 1.26. The van der Waals surface area contributed by atoms with E-state index in [9.17, 15) is 0 Å². The minimum atomic E-state index is 0.617. The zero-order chi connectivity index (χ0) is 19.2. The number of aromatic nitrogens is 1. The van der Waals surface area contributed by atoms with Crippen LogP contribution in [0.25, 0.3) is 0 Å². The van der Waals surface area contributed by atoms with Crippen LogP contribution < -0.4 is 19.7 Å². The standard InChI is InChI=1S/C21H27N5O2/c1-22-21(26-12-10-25(11-13-26)20-4-2-3-8-23-20)24-9-7-17-5-6-18-19(16-17)28-15-14-27-18/h2-6,8,16H,7,9-15H2,1H3,(H,22,24). The van der Waals surface area contributed by atoms with Gasteiger partial charge < -0.3 is 24.6 Å². The highest BCUT2D eigenvalue weighted by Gasteiger charge is 2.20. The Morgan fingerprint density at radius 1 is 1.07 bits per heavy atom. The first-order valence-corrected chi connectivity index (χ1v) is 9.83. The van der Waals surface area contributed by atoms with Gasteiger partial charge in [0.05, 0.1) is 0 Å². The third-order valence-electron chi connectivity index (χ3n) is 5.07. The third kappa shape index (κ3) is 4.30. The number of fused-ring (bicyclic) bond motifs is 1. The first-order chi connectivity index (χ1) is 13.8. The number of pyridine rings is 1. The zero-order valence-corrected chi connectivity index (χ0v) is 16.3. The van der Waals surface area contributed by atoms with E-state index in [1.54, 1.807) is 0 Å². The molecule has 1 fully saturated rings. The van der Waals surface area contributed by atoms with Gasteiger partial charge in [0.1, 0.15) is 19.0 Å². The van der Waals surface area contributed by atoms with E-state index >= 15 is 0 Å². The number of aliphatic imine (C=N–C) groups is 1. The molecular weight excluding hydrogens is 354 g/mol. The van der Waals surface area contributed by atoms with E-state index < -0.39 is 0 Å². The lowest BCUT2D eigenvalue weighted by molar-refractivity contribution is 0.171. The normalized spacial score (nSPS) is 16.8. The Labute approximate surface area is 166 Å². The zero-order valence-electron chi connectivity index (χ0n) is 16.3. The van der Waals surface area contributed by atoms with Gasteiger partial charge in [-0.2, -0.15) is 0 Å². The number of nitrogens with one attached hydrogen (secondary N) is 1. The van der Waals surface area contributed by atoms with Crippen molar-refractivity contribution in [2.45, 2.75) is 6.42 Å². The van der Waals surface area contributed by atoms with Crippen LogP contribution in [-0.2, 0) is 6.42 Å². The fourth-order valence-corrected chi connectivity index (χ4v) is 3.58. The van der Waals surface area contributed by atoms with Gasteiger partial charge in [-0.3, -0.25) is 4.99 Å². The van der Waals surface area contributed by atoms with Gasteiger partial charge in [-0.05, 0) is 36.2 Å². The number of ether oxygens (including phenoxy) is 2. The van der Waals surface area contributed by atoms with Crippen LogP contribution in [0.2, 0.25) is 0 Å². The molecule has 2 aliphatic rings. The Hall–Kier alpha value is -2.96. The Bertz CT molecular complexity index is 804. The number of hydrogen-bond donors (Lipinski definition) is 1. The SMILES string of the molecule is CN=C(NCCc1ccc2c(c1)OCCO2)N1CCN(c2ccccn2)CC1. The molecule has 4 rings (SSSR count). The Morgan fingerprint density at radius 3 is 2.64 bits per heavy atom. The van der Waals surface area contributed by atoms with Crippen molar-refractivity contribution in [3.05, 3.63) is 48.2 Å². The van der Waals surface area contributed by atoms with Crippen LogP contribution in [0, 0.1) is 0 Å². The first-order valence-electron chi connectivity index (χ1n) is 9.83. The summed E-state index contributed by atoms with van der Waals surface area (Å²) in [4.78, 5) is 13.5. The van der Waals surface area contributed by atoms with Crippen LogP contribution in [-0.4, -0.2) is 68.8 Å². The molecule has 28 heavy (non-hydrogen) atoms. The summed E-state index contributed by atoms with van der Waals surface area (Å²) in [6, 6.07) is 12.2. The number of nitrogens with zero attached hydrogens (tertiary/aromatic N) is 4. The van der Waals surface area contributed by atoms with Crippen LogP contribution in [0.15, 0.2) is 47.6 Å². The lowest BCUT2D eigenvalue weighted by atomic mass is 10.1. The third-order valence-corrected chi connectivity index (χ3v) is 5.07. The second kappa shape index (κ2) is 8.82. The summed E-state index contributed by atoms with van der Waals surface area (Å²) >= 11 is 0. The number of hydrogen-bond acceptors (Lipinski definition) is 5. The summed E-state index contributed by atoms with van der Waals surface area (Å²) in [7, 11) is 1.84. The highest BCUT2D eigenvalue weighted by molar-refractivity contribution is 5.80. The van der Waals surface area contributed by atoms with Crippen LogP contribution in [0.4, 0.5) is 5.82 Å². The van der Waals surface area contributed by atoms with Crippen molar-refractivity contribution in [3.8, 4) is 11.5 Å². The van der Waals surface area contributed by atoms with Crippen molar-refractivity contribution >= 4 is 11.8 Å². The summed E-state index contributed by atoms with van der Waals surface area (Å²) in [5.74, 6) is 3.69. The van der Waals surface area contributed by atoms with Crippen molar-refractivity contribution in [2.24, 2.45) is 4.99 Å². The molecule has 3 heterocycles. The van der Waals surface area contributed by atoms with Gasteiger partial charge in [0.25, 0.3) is 0 Å². The second-order valence-corrected chi connectivity index (χ2v) is 6.86. The van der Waals surface area contributed by atoms with Gasteiger partial charge in [-0.1, -0.05) is 12.1 Å². The molecule has 0 aliphatic carbocycles. The van der Waals surface area contributed by atoms with Crippen molar-refractivity contribution < 1.29 is 9.47 Å². The van der Waals surface area contributed by atoms with Crippen molar-refractivity contribution in [1.82, 2.24) is 15.2 Å². The largest absolute Gasteiger partial charge is 0.486 e. The molecule has 1 aromatic carbocycles. The molecule has 0 bridgehead atoms. The molecular formula is C21H27N5O2. The summed E-state index contributed by atoms with van der Waals surface area (Å²) in [5, 5.41) is 3.49. The molecule has 1 saturated heterocycles. The van der Waals surface area contributed by atoms with Gasteiger partial charge >= 0.3 is 0 Å². The predicted molar refractivity (Wildman–Crippen MR) is 111 cm³/mol. The fraction of sp³-hybridized carbons (Fsp3) is 0.429. The minimum Gasteiger partial charge on any atom is -0.486 e. The molecule has 7 nitrogen and oxygen atoms in total. The quantitative estimate of drug-likeness (QED) is 0.644. The van der Waals surface area contributed by atoms with E-state index in [1.165, 1.54) is 5.56 Å². The van der Waals surface area contributed by atoms with E-state index in [2.05, 4.69) is 43.3 Å². The lowest BCUT2D eigenvalue weighted by Gasteiger charge is -2.37. The highest BCUT2D eigenvalue weighted by atomic mass is 16.6. The number of rotatable bonds is 4. The second-order valence-electron chi connectivity index (χ2n) is 6.86. The molecule has 0 saturated carbocycles. The summed E-state index contributed by atoms with van der Waals surface area (Å²) in [5.41, 5.74) is 1.23. The average Bonchev–Trinajstić information content (AvgIpc) is 2.77. The van der Waals surface area contributed by atoms with Crippen LogP contribution >= 0.6 is 0 Å². The highest BCUT2D eigenvalue weighted by Crippen LogP contribution is 2.30. The van der Waals surface area contributed by atoms with Gasteiger partial charge in [0.15, 0.2) is 17.5 Å². The van der Waals surface area contributed by atoms with Crippen molar-refractivity contribution in [2.75, 3.05) is 57.9 Å². The van der Waals surface area contributed by atoms with Gasteiger partial charge in [-0.25, -0.2) is 4.98 Å². The molecule has 148 valence electrons. The van der Waals surface area contributed by atoms with Gasteiger partial charge in [0.2, 0.25) is 0 Å². The molecule has 0 atom stereocenters. The van der Waals surface area contributed by atoms with E-state index in [-0.39, 0.29) is 0 Å². The monoisotopic (exact) mass is 381 g/mol. The topological polar surface area (TPSA) is 62.2 Å². The summed E-state index contributed by atoms with van der Waals surface area (Å²) < 4.78 is 11.3. The van der Waals surface area contributed by atoms with Crippen LogP contribution in [0.1, 0.15) is 5.56 Å². The number of guanidine groups is 1. The summed E-state index contributed by atoms with van der Waals surface area (Å²) in [6.45, 7) is 5.82. The Morgan fingerprint density at radius 2 is 1.89 bits per heavy atom. The summed E-state index contributed by atoms with van der Waals surface area (Å²) in [6.07, 6.45) is 2.75. The molecule has 7 heteroatoms. The maximum absolute atomic E-state index is 5.67. The average molecular weight is 381 g/mol. The molecule has 2 aliphatic heterocycles. The van der Waals surface area contributed by atoms with Crippen molar-refractivity contribution in [3.63, 3.8) is 0 Å². The van der Waals surface area contributed by atoms with Gasteiger partial charge in [0, 0.05) is 46.0 Å². The molecule has 0 amide bonds. The van der Waals surface area contributed by atoms with E-state index in [1.807, 2.05) is 31.4 Å². The maximum Gasteiger partial charge on any atom is 0.193 e. The number of piperazine rings is 1. The van der Waals surface area contributed by atoms with Crippen molar-refractivity contribution in [1.29, 1.82) is 0 Å². The van der Waals surface area contributed by atoms with Gasteiger partial charge in [-0.15, -0.1) is 0 Å². The maximum atomic E-state index is 5.67. The Kier molecular flexibility index (Phi) is 5.80. The van der Waals surface area contributed by atoms with E-state index in [0.717, 1.165) is 62.4 Å². The minimum absolute atomic E-state index is 0.617. The molecule has 1 N–H and O–H groups in total. The molecule has 0 radical (unpaired) electrons. The van der Waals surface area contributed by atoms with E-state index in [0.29, 0.717) is 13.2 Å². The van der Waals surface area contributed by atoms with Crippen LogP contribution in [0.5, 0.6) is 11.5 Å². The molecule has 0 unspecified atom stereocenters. The fourth-order valence-electron chi connectivity index (χ4n) is 3.58. The predicted octanol–water partition coefficient (Wildman–Crippen LogP) is 1.79. The molecule has 1 aromatic heterocycles. The van der Waals surface area contributed by atoms with Crippen LogP contribution in [0.3, 0.4) is 0 Å². The molecule has 0 spiro atoms. The number of anilines is 1. The number of benzene rings is 1. The smallest absolute Gasteiger partial charge is 0.193 e.